The monoisotopic (exact) mass is 519 g/mol. The molecule has 0 aliphatic carbocycles. The van der Waals surface area contributed by atoms with Crippen molar-refractivity contribution in [1.29, 1.82) is 0 Å². The van der Waals surface area contributed by atoms with E-state index in [4.69, 9.17) is 30.2 Å². The number of hydrogen-bond donors (Lipinski definition) is 1. The first kappa shape index (κ1) is 26.3. The molecule has 0 atom stereocenters. The van der Waals surface area contributed by atoms with E-state index in [9.17, 15) is 14.4 Å². The second-order valence-corrected chi connectivity index (χ2v) is 8.96. The van der Waals surface area contributed by atoms with E-state index in [0.717, 1.165) is 16.9 Å². The molecule has 2 aromatic heterocycles. The normalized spacial score (nSPS) is 10.7. The molecular formula is C25H26ClNO7S. The summed E-state index contributed by atoms with van der Waals surface area (Å²) in [5.41, 5.74) is 1.38. The Morgan fingerprint density at radius 2 is 1.83 bits per heavy atom. The molecule has 0 saturated carbocycles. The fourth-order valence-corrected chi connectivity index (χ4v) is 4.31. The number of thiophene rings is 1. The minimum absolute atomic E-state index is 0.0208. The zero-order valence-corrected chi connectivity index (χ0v) is 21.4. The molecule has 3 rings (SSSR count). The van der Waals surface area contributed by atoms with Crippen LogP contribution in [-0.2, 0) is 16.1 Å². The van der Waals surface area contributed by atoms with Gasteiger partial charge in [-0.3, -0.25) is 4.79 Å². The van der Waals surface area contributed by atoms with E-state index in [0.29, 0.717) is 28.5 Å². The highest BCUT2D eigenvalue weighted by Crippen LogP contribution is 2.35. The molecule has 8 nitrogen and oxygen atoms in total. The maximum atomic E-state index is 12.9. The van der Waals surface area contributed by atoms with Crippen LogP contribution in [0.3, 0.4) is 0 Å². The maximum absolute atomic E-state index is 12.9. The number of carbonyl (C=O) groups is 3. The molecule has 10 heteroatoms. The Morgan fingerprint density at radius 1 is 1.06 bits per heavy atom. The molecule has 2 heterocycles. The topological polar surface area (TPSA) is 104 Å². The van der Waals surface area contributed by atoms with Gasteiger partial charge in [-0.05, 0) is 68.7 Å². The molecule has 0 fully saturated rings. The van der Waals surface area contributed by atoms with Crippen LogP contribution >= 0.6 is 22.9 Å². The van der Waals surface area contributed by atoms with Crippen molar-refractivity contribution in [1.82, 2.24) is 0 Å². The van der Waals surface area contributed by atoms with E-state index in [1.807, 2.05) is 13.8 Å². The molecular weight excluding hydrogens is 494 g/mol. The van der Waals surface area contributed by atoms with Gasteiger partial charge in [0.1, 0.15) is 28.0 Å². The number of aryl methyl sites for hydroxylation is 1. The molecule has 0 bridgehead atoms. The van der Waals surface area contributed by atoms with E-state index >= 15 is 0 Å². The number of nitrogens with one attached hydrogen (secondary N) is 1. The molecule has 1 amide bonds. The van der Waals surface area contributed by atoms with Crippen molar-refractivity contribution >= 4 is 45.8 Å². The first-order valence-electron chi connectivity index (χ1n) is 11.0. The number of halogens is 1. The second kappa shape index (κ2) is 11.9. The molecule has 186 valence electrons. The predicted molar refractivity (Wildman–Crippen MR) is 133 cm³/mol. The SMILES string of the molecule is CCCOC(=O)c1c(NC(=O)c2ccc(COc3ccc(Cl)c(C)c3)o2)sc(C(=O)OCC)c1C. The number of benzene rings is 1. The van der Waals surface area contributed by atoms with Gasteiger partial charge in [0.2, 0.25) is 0 Å². The molecule has 1 N–H and O–H groups in total. The summed E-state index contributed by atoms with van der Waals surface area (Å²) in [7, 11) is 0. The summed E-state index contributed by atoms with van der Waals surface area (Å²) in [6.07, 6.45) is 0.633. The molecule has 0 aliphatic heterocycles. The Labute approximate surface area is 212 Å². The number of anilines is 1. The molecule has 3 aromatic rings. The van der Waals surface area contributed by atoms with Gasteiger partial charge in [0.05, 0.1) is 18.8 Å². The largest absolute Gasteiger partial charge is 0.486 e. The lowest BCUT2D eigenvalue weighted by Crippen LogP contribution is -2.14. The van der Waals surface area contributed by atoms with Gasteiger partial charge in [-0.15, -0.1) is 11.3 Å². The maximum Gasteiger partial charge on any atom is 0.348 e. The highest BCUT2D eigenvalue weighted by atomic mass is 35.5. The van der Waals surface area contributed by atoms with Crippen LogP contribution in [0.2, 0.25) is 5.02 Å². The number of carbonyl (C=O) groups excluding carboxylic acids is 3. The first-order valence-corrected chi connectivity index (χ1v) is 12.2. The van der Waals surface area contributed by atoms with Crippen molar-refractivity contribution < 1.29 is 33.0 Å². The van der Waals surface area contributed by atoms with Gasteiger partial charge in [-0.1, -0.05) is 18.5 Å². The number of hydrogen-bond acceptors (Lipinski definition) is 8. The molecule has 0 radical (unpaired) electrons. The van der Waals surface area contributed by atoms with Crippen molar-refractivity contribution in [3.63, 3.8) is 0 Å². The van der Waals surface area contributed by atoms with Gasteiger partial charge in [-0.25, -0.2) is 9.59 Å². The van der Waals surface area contributed by atoms with Crippen molar-refractivity contribution in [3.8, 4) is 5.75 Å². The third-order valence-corrected chi connectivity index (χ3v) is 6.48. The zero-order valence-electron chi connectivity index (χ0n) is 19.9. The molecule has 35 heavy (non-hydrogen) atoms. The lowest BCUT2D eigenvalue weighted by molar-refractivity contribution is 0.0506. The minimum atomic E-state index is -0.627. The molecule has 1 aromatic carbocycles. The minimum Gasteiger partial charge on any atom is -0.486 e. The summed E-state index contributed by atoms with van der Waals surface area (Å²) in [5.74, 6) is -0.717. The quantitative estimate of drug-likeness (QED) is 0.318. The van der Waals surface area contributed by atoms with Crippen molar-refractivity contribution in [2.45, 2.75) is 40.7 Å². The van der Waals surface area contributed by atoms with Gasteiger partial charge in [0.15, 0.2) is 5.76 Å². The summed E-state index contributed by atoms with van der Waals surface area (Å²) in [6, 6.07) is 8.41. The van der Waals surface area contributed by atoms with Crippen LogP contribution in [0.15, 0.2) is 34.7 Å². The van der Waals surface area contributed by atoms with Crippen LogP contribution in [0, 0.1) is 13.8 Å². The van der Waals surface area contributed by atoms with Gasteiger partial charge in [0, 0.05) is 5.02 Å². The molecule has 0 spiro atoms. The van der Waals surface area contributed by atoms with Crippen LogP contribution in [0.4, 0.5) is 5.00 Å². The predicted octanol–water partition coefficient (Wildman–Crippen LogP) is 6.19. The third-order valence-electron chi connectivity index (χ3n) is 4.87. The summed E-state index contributed by atoms with van der Waals surface area (Å²) in [5, 5.41) is 3.49. The standard InChI is InChI=1S/C25H26ClNO7S/c1-5-11-32-24(29)20-15(4)21(25(30)31-6-2)35-23(20)27-22(28)19-10-8-17(34-19)13-33-16-7-9-18(26)14(3)12-16/h7-10,12H,5-6,11,13H2,1-4H3,(H,27,28). The summed E-state index contributed by atoms with van der Waals surface area (Å²) in [6.45, 7) is 7.54. The zero-order chi connectivity index (χ0) is 25.5. The van der Waals surface area contributed by atoms with Crippen molar-refractivity contribution in [3.05, 3.63) is 68.4 Å². The van der Waals surface area contributed by atoms with Gasteiger partial charge in [-0.2, -0.15) is 0 Å². The fraction of sp³-hybridized carbons (Fsp3) is 0.320. The Bertz CT molecular complexity index is 1230. The fourth-order valence-electron chi connectivity index (χ4n) is 3.11. The van der Waals surface area contributed by atoms with Crippen LogP contribution < -0.4 is 10.1 Å². The van der Waals surface area contributed by atoms with Gasteiger partial charge >= 0.3 is 11.9 Å². The van der Waals surface area contributed by atoms with E-state index in [1.165, 1.54) is 6.07 Å². The average molecular weight is 520 g/mol. The van der Waals surface area contributed by atoms with E-state index < -0.39 is 17.8 Å². The highest BCUT2D eigenvalue weighted by molar-refractivity contribution is 7.18. The average Bonchev–Trinajstić information content (AvgIpc) is 3.43. The highest BCUT2D eigenvalue weighted by Gasteiger charge is 2.28. The Kier molecular flexibility index (Phi) is 8.95. The second-order valence-electron chi connectivity index (χ2n) is 7.54. The lowest BCUT2D eigenvalue weighted by atomic mass is 10.1. The van der Waals surface area contributed by atoms with E-state index in [-0.39, 0.29) is 41.0 Å². The third kappa shape index (κ3) is 6.43. The summed E-state index contributed by atoms with van der Waals surface area (Å²) < 4.78 is 21.6. The van der Waals surface area contributed by atoms with E-state index in [2.05, 4.69) is 5.32 Å². The Morgan fingerprint density at radius 3 is 2.51 bits per heavy atom. The number of ether oxygens (including phenoxy) is 3. The van der Waals surface area contributed by atoms with E-state index in [1.54, 1.807) is 38.1 Å². The molecule has 0 saturated heterocycles. The number of furan rings is 1. The lowest BCUT2D eigenvalue weighted by Gasteiger charge is -2.07. The van der Waals surface area contributed by atoms with Crippen LogP contribution in [0.5, 0.6) is 5.75 Å². The van der Waals surface area contributed by atoms with Gasteiger partial charge in [0.25, 0.3) is 5.91 Å². The van der Waals surface area contributed by atoms with Crippen LogP contribution in [-0.4, -0.2) is 31.1 Å². The Balaban J connectivity index is 1.76. The molecule has 0 unspecified atom stereocenters. The summed E-state index contributed by atoms with van der Waals surface area (Å²) in [4.78, 5) is 38.1. The first-order chi connectivity index (χ1) is 16.7. The smallest absolute Gasteiger partial charge is 0.348 e. The number of amides is 1. The van der Waals surface area contributed by atoms with Crippen LogP contribution in [0.1, 0.15) is 67.7 Å². The molecule has 0 aliphatic rings. The number of rotatable bonds is 10. The van der Waals surface area contributed by atoms with Gasteiger partial charge < -0.3 is 23.9 Å². The summed E-state index contributed by atoms with van der Waals surface area (Å²) >= 11 is 6.98. The van der Waals surface area contributed by atoms with Crippen LogP contribution in [0.25, 0.3) is 0 Å². The Hall–Kier alpha value is -3.30. The van der Waals surface area contributed by atoms with Crippen molar-refractivity contribution in [2.75, 3.05) is 18.5 Å². The van der Waals surface area contributed by atoms with Crippen molar-refractivity contribution in [2.24, 2.45) is 0 Å². The number of esters is 2.